The van der Waals surface area contributed by atoms with Gasteiger partial charge in [-0.25, -0.2) is 0 Å². The van der Waals surface area contributed by atoms with Gasteiger partial charge in [-0.05, 0) is 103 Å². The predicted octanol–water partition coefficient (Wildman–Crippen LogP) is 19.9. The molecule has 0 amide bonds. The molecule has 0 spiro atoms. The van der Waals surface area contributed by atoms with Crippen molar-refractivity contribution in [2.45, 2.75) is 271 Å². The van der Waals surface area contributed by atoms with E-state index in [0.29, 0.717) is 19.3 Å². The Labute approximate surface area is 438 Å². The quantitative estimate of drug-likeness (QED) is 0.0261. The molecule has 0 aliphatic rings. The molecule has 1 atom stereocenters. The van der Waals surface area contributed by atoms with Crippen LogP contribution in [0.25, 0.3) is 0 Å². The Morgan fingerprint density at radius 2 is 0.563 bits per heavy atom. The summed E-state index contributed by atoms with van der Waals surface area (Å²) in [5.74, 6) is -0.911. The van der Waals surface area contributed by atoms with Crippen molar-refractivity contribution in [3.63, 3.8) is 0 Å². The monoisotopic (exact) mass is 985 g/mol. The van der Waals surface area contributed by atoms with Crippen LogP contribution in [0.4, 0.5) is 0 Å². The van der Waals surface area contributed by atoms with Gasteiger partial charge in [0, 0.05) is 19.3 Å². The van der Waals surface area contributed by atoms with E-state index in [-0.39, 0.29) is 31.1 Å². The largest absolute Gasteiger partial charge is 0.462 e. The summed E-state index contributed by atoms with van der Waals surface area (Å²) in [6.07, 6.45) is 79.5. The lowest BCUT2D eigenvalue weighted by atomic mass is 10.1. The lowest BCUT2D eigenvalue weighted by Gasteiger charge is -2.18. The summed E-state index contributed by atoms with van der Waals surface area (Å²) in [7, 11) is 0. The maximum atomic E-state index is 12.8. The molecule has 1 unspecified atom stereocenters. The molecule has 0 aliphatic heterocycles. The lowest BCUT2D eigenvalue weighted by molar-refractivity contribution is -0.167. The van der Waals surface area contributed by atoms with Crippen LogP contribution in [0.2, 0.25) is 0 Å². The fraction of sp³-hybridized carbons (Fsp3) is 0.677. The number of unbranched alkanes of at least 4 members (excludes halogenated alkanes) is 23. The highest BCUT2D eigenvalue weighted by Crippen LogP contribution is 2.15. The van der Waals surface area contributed by atoms with Crippen molar-refractivity contribution in [2.24, 2.45) is 0 Å². The minimum atomic E-state index is -0.786. The van der Waals surface area contributed by atoms with Crippen LogP contribution in [0.1, 0.15) is 265 Å². The second-order valence-corrected chi connectivity index (χ2v) is 19.2. The van der Waals surface area contributed by atoms with E-state index in [2.05, 4.69) is 130 Å². The Morgan fingerprint density at radius 3 is 0.915 bits per heavy atom. The summed E-state index contributed by atoms with van der Waals surface area (Å²) >= 11 is 0. The maximum Gasteiger partial charge on any atom is 0.306 e. The first-order valence-electron chi connectivity index (χ1n) is 29.4. The van der Waals surface area contributed by atoms with E-state index < -0.39 is 6.10 Å². The molecule has 0 bridgehead atoms. The number of hydrogen-bond acceptors (Lipinski definition) is 6. The first kappa shape index (κ1) is 67.1. The van der Waals surface area contributed by atoms with E-state index >= 15 is 0 Å². The molecule has 0 aromatic heterocycles. The number of ether oxygens (including phenoxy) is 3. The molecule has 0 fully saturated rings. The van der Waals surface area contributed by atoms with Gasteiger partial charge in [0.05, 0.1) is 0 Å². The van der Waals surface area contributed by atoms with E-state index in [0.717, 1.165) is 135 Å². The molecule has 0 saturated heterocycles. The molecule has 6 nitrogen and oxygen atoms in total. The minimum absolute atomic E-state index is 0.0847. The Morgan fingerprint density at radius 1 is 0.296 bits per heavy atom. The number of rotatable bonds is 52. The summed E-state index contributed by atoms with van der Waals surface area (Å²) in [5, 5.41) is 0. The number of hydrogen-bond donors (Lipinski definition) is 0. The molecule has 0 heterocycles. The van der Waals surface area contributed by atoms with Gasteiger partial charge in [0.25, 0.3) is 0 Å². The van der Waals surface area contributed by atoms with Crippen LogP contribution in [-0.4, -0.2) is 37.2 Å². The van der Waals surface area contributed by atoms with Gasteiger partial charge in [-0.3, -0.25) is 14.4 Å². The predicted molar refractivity (Wildman–Crippen MR) is 307 cm³/mol. The van der Waals surface area contributed by atoms with Crippen LogP contribution in [0.5, 0.6) is 0 Å². The molecule has 0 aromatic rings. The van der Waals surface area contributed by atoms with Gasteiger partial charge in [0.2, 0.25) is 0 Å². The van der Waals surface area contributed by atoms with Crippen LogP contribution in [0.15, 0.2) is 109 Å². The van der Waals surface area contributed by atoms with E-state index in [1.165, 1.54) is 89.9 Å². The molecule has 71 heavy (non-hydrogen) atoms. The summed E-state index contributed by atoms with van der Waals surface area (Å²) in [6, 6.07) is 0. The molecule has 0 N–H and O–H groups in total. The van der Waals surface area contributed by atoms with Gasteiger partial charge < -0.3 is 14.2 Å². The first-order chi connectivity index (χ1) is 35.0. The normalized spacial score (nSPS) is 12.9. The summed E-state index contributed by atoms with van der Waals surface area (Å²) in [6.45, 7) is 6.46. The highest BCUT2D eigenvalue weighted by molar-refractivity contribution is 5.71. The molecule has 0 radical (unpaired) electrons. The third-order valence-electron chi connectivity index (χ3n) is 12.3. The van der Waals surface area contributed by atoms with E-state index in [1.807, 2.05) is 0 Å². The van der Waals surface area contributed by atoms with Gasteiger partial charge in [-0.2, -0.15) is 0 Å². The Bertz CT molecular complexity index is 1460. The first-order valence-corrected chi connectivity index (χ1v) is 29.4. The van der Waals surface area contributed by atoms with Crippen molar-refractivity contribution < 1.29 is 28.6 Å². The zero-order valence-corrected chi connectivity index (χ0v) is 46.2. The van der Waals surface area contributed by atoms with E-state index in [1.54, 1.807) is 0 Å². The number of carbonyl (C=O) groups is 3. The minimum Gasteiger partial charge on any atom is -0.462 e. The van der Waals surface area contributed by atoms with E-state index in [4.69, 9.17) is 14.2 Å². The van der Waals surface area contributed by atoms with Gasteiger partial charge in [-0.15, -0.1) is 0 Å². The smallest absolute Gasteiger partial charge is 0.306 e. The van der Waals surface area contributed by atoms with Crippen LogP contribution in [0, 0.1) is 0 Å². The third-order valence-corrected chi connectivity index (χ3v) is 12.3. The molecule has 0 aromatic carbocycles. The standard InChI is InChI=1S/C65H108O6/c1-4-7-10-13-16-19-22-23-24-25-26-27-28-29-30-31-32-33-34-35-36-37-38-39-40-41-44-46-49-52-55-58-64(67)70-61-62(71-65(68)59-56-53-50-47-43-21-18-15-12-9-6-3)60-69-63(66)57-54-51-48-45-42-20-17-14-11-8-5-2/h7,10,15-16,18-19,23-24,26-27,29-30,32-33,35-36,38-39,62H,4-6,8-9,11-14,17,20-22,25,28,31,34,37,40-61H2,1-3H3/b10-7-,18-15-,19-16-,24-23-,27-26-,30-29-,33-32-,36-35-,39-38-. The summed E-state index contributed by atoms with van der Waals surface area (Å²) in [5.41, 5.74) is 0. The zero-order chi connectivity index (χ0) is 51.4. The van der Waals surface area contributed by atoms with Crippen LogP contribution in [0.3, 0.4) is 0 Å². The Hall–Kier alpha value is -3.93. The van der Waals surface area contributed by atoms with Gasteiger partial charge in [0.15, 0.2) is 6.10 Å². The van der Waals surface area contributed by atoms with Gasteiger partial charge >= 0.3 is 17.9 Å². The SMILES string of the molecule is CC/C=C\C/C=C\C/C=C\C/C=C\C/C=C\C/C=C\C/C=C\C/C=C\CCCCCCCCC(=O)OCC(COC(=O)CCCCCCCCCCCCC)OC(=O)CCCCCCC/C=C\CCCC. The maximum absolute atomic E-state index is 12.8. The van der Waals surface area contributed by atoms with Gasteiger partial charge in [-0.1, -0.05) is 252 Å². The van der Waals surface area contributed by atoms with Crippen LogP contribution < -0.4 is 0 Å². The van der Waals surface area contributed by atoms with Gasteiger partial charge in [0.1, 0.15) is 13.2 Å². The molecular weight excluding hydrogens is 877 g/mol. The molecule has 0 aliphatic carbocycles. The van der Waals surface area contributed by atoms with Crippen molar-refractivity contribution in [3.05, 3.63) is 109 Å². The van der Waals surface area contributed by atoms with Crippen molar-refractivity contribution in [3.8, 4) is 0 Å². The number of esters is 3. The molecule has 0 rings (SSSR count). The van der Waals surface area contributed by atoms with Crippen LogP contribution in [-0.2, 0) is 28.6 Å². The highest BCUT2D eigenvalue weighted by atomic mass is 16.6. The molecular formula is C65H108O6. The van der Waals surface area contributed by atoms with Crippen molar-refractivity contribution in [1.29, 1.82) is 0 Å². The highest BCUT2D eigenvalue weighted by Gasteiger charge is 2.19. The molecule has 0 saturated carbocycles. The fourth-order valence-corrected chi connectivity index (χ4v) is 7.85. The number of allylic oxidation sites excluding steroid dienone is 18. The Balaban J connectivity index is 4.23. The van der Waals surface area contributed by atoms with Crippen molar-refractivity contribution in [2.75, 3.05) is 13.2 Å². The average Bonchev–Trinajstić information content (AvgIpc) is 3.37. The second kappa shape index (κ2) is 58.6. The second-order valence-electron chi connectivity index (χ2n) is 19.2. The topological polar surface area (TPSA) is 78.9 Å². The average molecular weight is 986 g/mol. The molecule has 404 valence electrons. The van der Waals surface area contributed by atoms with E-state index in [9.17, 15) is 14.4 Å². The zero-order valence-electron chi connectivity index (χ0n) is 46.2. The lowest BCUT2D eigenvalue weighted by Crippen LogP contribution is -2.30. The Kier molecular flexibility index (Phi) is 55.4. The van der Waals surface area contributed by atoms with Crippen LogP contribution >= 0.6 is 0 Å². The summed E-state index contributed by atoms with van der Waals surface area (Å²) in [4.78, 5) is 38.0. The fourth-order valence-electron chi connectivity index (χ4n) is 7.85. The molecule has 6 heteroatoms. The summed E-state index contributed by atoms with van der Waals surface area (Å²) < 4.78 is 16.8. The number of carbonyl (C=O) groups excluding carboxylic acids is 3. The van der Waals surface area contributed by atoms with Crippen molar-refractivity contribution >= 4 is 17.9 Å². The van der Waals surface area contributed by atoms with Crippen molar-refractivity contribution in [1.82, 2.24) is 0 Å². The third kappa shape index (κ3) is 56.9.